The van der Waals surface area contributed by atoms with Crippen LogP contribution < -0.4 is 0 Å². The van der Waals surface area contributed by atoms with E-state index in [2.05, 4.69) is 28.5 Å². The molecule has 0 N–H and O–H groups in total. The van der Waals surface area contributed by atoms with E-state index in [0.29, 0.717) is 0 Å². The Bertz CT molecular complexity index is 1730. The van der Waals surface area contributed by atoms with Crippen molar-refractivity contribution in [2.75, 3.05) is 0 Å². The highest BCUT2D eigenvalue weighted by Gasteiger charge is 2.18. The lowest BCUT2D eigenvalue weighted by molar-refractivity contribution is 0.725. The van der Waals surface area contributed by atoms with Gasteiger partial charge in [0.15, 0.2) is 0 Å². The van der Waals surface area contributed by atoms with Crippen molar-refractivity contribution in [1.29, 1.82) is 15.8 Å². The molecule has 5 rings (SSSR count). The third-order valence-electron chi connectivity index (χ3n) is 6.14. The van der Waals surface area contributed by atoms with E-state index in [1.807, 2.05) is 66.7 Å². The molecule has 3 heterocycles. The standard InChI is InChI=1S/C31H19N5S2/c1-3-12-36-26-15-28(23-8-4-20(5-9-23)13-22(17-32)18-33)37-30(26)31-27(36)16-29(38-31)24-10-6-21(7-11-24)14-25(19-34)35-2/h4-11,13-16H,3,12H2,1H3/b25-14+. The Hall–Kier alpha value is -4.92. The molecule has 0 aliphatic rings. The van der Waals surface area contributed by atoms with Crippen LogP contribution >= 0.6 is 22.7 Å². The summed E-state index contributed by atoms with van der Waals surface area (Å²) in [5.74, 6) is 0. The molecular formula is C31H19N5S2. The second-order valence-electron chi connectivity index (χ2n) is 8.58. The zero-order valence-corrected chi connectivity index (χ0v) is 22.0. The number of thiophene rings is 2. The van der Waals surface area contributed by atoms with Crippen LogP contribution in [-0.2, 0) is 6.54 Å². The molecule has 0 atom stereocenters. The molecule has 0 unspecified atom stereocenters. The van der Waals surface area contributed by atoms with Crippen molar-refractivity contribution in [2.24, 2.45) is 0 Å². The number of hydrogen-bond acceptors (Lipinski definition) is 5. The molecule has 38 heavy (non-hydrogen) atoms. The molecule has 5 nitrogen and oxygen atoms in total. The quantitative estimate of drug-likeness (QED) is 0.164. The van der Waals surface area contributed by atoms with E-state index in [9.17, 15) is 0 Å². The highest BCUT2D eigenvalue weighted by atomic mass is 32.1. The Labute approximate surface area is 228 Å². The second kappa shape index (κ2) is 10.6. The lowest BCUT2D eigenvalue weighted by Crippen LogP contribution is -1.94. The first kappa shape index (κ1) is 24.8. The summed E-state index contributed by atoms with van der Waals surface area (Å²) in [5.41, 5.74) is 6.51. The summed E-state index contributed by atoms with van der Waals surface area (Å²) in [7, 11) is 0. The third-order valence-corrected chi connectivity index (χ3v) is 8.65. The number of nitrogens with zero attached hydrogens (tertiary/aromatic N) is 5. The second-order valence-corrected chi connectivity index (χ2v) is 10.7. The fraction of sp³-hybridized carbons (Fsp3) is 0.0968. The van der Waals surface area contributed by atoms with Gasteiger partial charge in [-0.3, -0.25) is 0 Å². The zero-order chi connectivity index (χ0) is 26.6. The van der Waals surface area contributed by atoms with Gasteiger partial charge in [-0.25, -0.2) is 10.1 Å². The predicted molar refractivity (Wildman–Crippen MR) is 156 cm³/mol. The van der Waals surface area contributed by atoms with E-state index >= 15 is 0 Å². The van der Waals surface area contributed by atoms with Crippen LogP contribution in [0, 0.1) is 40.6 Å². The van der Waals surface area contributed by atoms with Crippen molar-refractivity contribution in [3.05, 3.63) is 94.5 Å². The van der Waals surface area contributed by atoms with E-state index < -0.39 is 0 Å². The molecule has 5 aromatic rings. The molecular weight excluding hydrogens is 507 g/mol. The molecule has 0 saturated carbocycles. The van der Waals surface area contributed by atoms with Crippen LogP contribution in [-0.4, -0.2) is 4.57 Å². The van der Waals surface area contributed by atoms with Gasteiger partial charge in [0.2, 0.25) is 0 Å². The summed E-state index contributed by atoms with van der Waals surface area (Å²) in [6.07, 6.45) is 4.22. The number of nitriles is 3. The van der Waals surface area contributed by atoms with Gasteiger partial charge in [0.25, 0.3) is 5.70 Å². The van der Waals surface area contributed by atoms with Crippen molar-refractivity contribution in [1.82, 2.24) is 4.57 Å². The minimum absolute atomic E-state index is 0.0734. The molecule has 0 spiro atoms. The molecule has 180 valence electrons. The Kier molecular flexibility index (Phi) is 6.90. The van der Waals surface area contributed by atoms with Gasteiger partial charge < -0.3 is 4.57 Å². The fourth-order valence-corrected chi connectivity index (χ4v) is 6.84. The first-order valence-corrected chi connectivity index (χ1v) is 13.5. The maximum atomic E-state index is 9.01. The van der Waals surface area contributed by atoms with Crippen molar-refractivity contribution in [2.45, 2.75) is 19.9 Å². The van der Waals surface area contributed by atoms with Gasteiger partial charge in [0, 0.05) is 16.3 Å². The number of rotatable bonds is 6. The SMILES string of the molecule is [C-]#[N+]/C(C#N)=C/c1ccc(-c2cc3c(s2)c2sc(-c4ccc(C=C(C#N)C#N)cc4)cc2n3CCC)cc1. The molecule has 0 amide bonds. The lowest BCUT2D eigenvalue weighted by atomic mass is 10.1. The minimum atomic E-state index is 0.0734. The van der Waals surface area contributed by atoms with E-state index in [4.69, 9.17) is 22.4 Å². The smallest absolute Gasteiger partial charge is 0.262 e. The lowest BCUT2D eigenvalue weighted by Gasteiger charge is -2.03. The van der Waals surface area contributed by atoms with Crippen molar-refractivity contribution in [3.63, 3.8) is 0 Å². The van der Waals surface area contributed by atoms with Crippen molar-refractivity contribution in [3.8, 4) is 39.1 Å². The molecule has 0 radical (unpaired) electrons. The van der Waals surface area contributed by atoms with Crippen LogP contribution in [0.25, 0.3) is 58.3 Å². The van der Waals surface area contributed by atoms with Gasteiger partial charge in [0.1, 0.15) is 17.7 Å². The van der Waals surface area contributed by atoms with Crippen molar-refractivity contribution >= 4 is 55.3 Å². The van der Waals surface area contributed by atoms with E-state index in [1.165, 1.54) is 30.2 Å². The van der Waals surface area contributed by atoms with Crippen LogP contribution in [0.4, 0.5) is 0 Å². The first-order chi connectivity index (χ1) is 18.6. The summed E-state index contributed by atoms with van der Waals surface area (Å²) < 4.78 is 4.95. The number of benzene rings is 2. The van der Waals surface area contributed by atoms with E-state index in [-0.39, 0.29) is 11.3 Å². The summed E-state index contributed by atoms with van der Waals surface area (Å²) in [4.78, 5) is 5.59. The predicted octanol–water partition coefficient (Wildman–Crippen LogP) is 8.88. The van der Waals surface area contributed by atoms with Crippen LogP contribution in [0.15, 0.2) is 71.9 Å². The van der Waals surface area contributed by atoms with Gasteiger partial charge in [-0.1, -0.05) is 55.5 Å². The number of hydrogen-bond donors (Lipinski definition) is 0. The first-order valence-electron chi connectivity index (χ1n) is 11.9. The molecule has 3 aromatic heterocycles. The van der Waals surface area contributed by atoms with Crippen LogP contribution in [0.5, 0.6) is 0 Å². The fourth-order valence-electron chi connectivity index (χ4n) is 4.36. The molecule has 0 aliphatic carbocycles. The average molecular weight is 526 g/mol. The Morgan fingerprint density at radius 1 is 0.816 bits per heavy atom. The molecule has 7 heteroatoms. The maximum Gasteiger partial charge on any atom is 0.262 e. The third kappa shape index (κ3) is 4.61. The average Bonchev–Trinajstić information content (AvgIpc) is 3.64. The van der Waals surface area contributed by atoms with Gasteiger partial charge in [-0.15, -0.1) is 22.7 Å². The maximum absolute atomic E-state index is 9.01. The van der Waals surface area contributed by atoms with Gasteiger partial charge >= 0.3 is 0 Å². The normalized spacial score (nSPS) is 11.0. The molecule has 0 aliphatic heterocycles. The zero-order valence-electron chi connectivity index (χ0n) is 20.4. The van der Waals surface area contributed by atoms with Crippen molar-refractivity contribution < 1.29 is 0 Å². The number of aromatic nitrogens is 1. The Morgan fingerprint density at radius 2 is 1.32 bits per heavy atom. The van der Waals surface area contributed by atoms with Gasteiger partial charge in [-0.05, 0) is 53.0 Å². The number of fused-ring (bicyclic) bond motifs is 3. The Morgan fingerprint density at radius 3 is 1.74 bits per heavy atom. The van der Waals surface area contributed by atoms with E-state index in [1.54, 1.807) is 34.8 Å². The highest BCUT2D eigenvalue weighted by Crippen LogP contribution is 2.45. The van der Waals surface area contributed by atoms with E-state index in [0.717, 1.165) is 35.2 Å². The largest absolute Gasteiger partial charge is 0.339 e. The topological polar surface area (TPSA) is 80.7 Å². The summed E-state index contributed by atoms with van der Waals surface area (Å²) in [6, 6.07) is 26.1. The molecule has 2 aromatic carbocycles. The summed E-state index contributed by atoms with van der Waals surface area (Å²) >= 11 is 3.56. The van der Waals surface area contributed by atoms with Crippen LogP contribution in [0.1, 0.15) is 24.5 Å². The van der Waals surface area contributed by atoms with Crippen LogP contribution in [0.3, 0.4) is 0 Å². The molecule has 0 fully saturated rings. The molecule has 0 bridgehead atoms. The van der Waals surface area contributed by atoms with Gasteiger partial charge in [0.05, 0.1) is 33.1 Å². The monoisotopic (exact) mass is 525 g/mol. The Balaban J connectivity index is 1.53. The minimum Gasteiger partial charge on any atom is -0.339 e. The molecule has 0 saturated heterocycles. The van der Waals surface area contributed by atoms with Crippen LogP contribution in [0.2, 0.25) is 0 Å². The van der Waals surface area contributed by atoms with Gasteiger partial charge in [-0.2, -0.15) is 10.5 Å². The number of aryl methyl sites for hydroxylation is 1. The highest BCUT2D eigenvalue weighted by molar-refractivity contribution is 7.30. The number of allylic oxidation sites excluding steroid dienone is 2. The summed E-state index contributed by atoms with van der Waals surface area (Å²) in [5, 5.41) is 27.0. The summed E-state index contributed by atoms with van der Waals surface area (Å²) in [6.45, 7) is 10.2.